The molecule has 17 heavy (non-hydrogen) atoms. The summed E-state index contributed by atoms with van der Waals surface area (Å²) in [5, 5.41) is 0. The lowest BCUT2D eigenvalue weighted by molar-refractivity contribution is 0.473. The van der Waals surface area contributed by atoms with Gasteiger partial charge in [0.1, 0.15) is 11.5 Å². The van der Waals surface area contributed by atoms with E-state index >= 15 is 0 Å². The van der Waals surface area contributed by atoms with Gasteiger partial charge in [-0.1, -0.05) is 18.2 Å². The number of rotatable bonds is 3. The van der Waals surface area contributed by atoms with E-state index in [1.165, 1.54) is 0 Å². The molecule has 0 radical (unpaired) electrons. The molecule has 0 saturated heterocycles. The zero-order chi connectivity index (χ0) is 12.3. The molecule has 4 N–H and O–H groups in total. The lowest BCUT2D eigenvalue weighted by Gasteiger charge is -2.12. The van der Waals surface area contributed by atoms with Crippen LogP contribution in [0, 0.1) is 6.92 Å². The Morgan fingerprint density at radius 3 is 2.53 bits per heavy atom. The summed E-state index contributed by atoms with van der Waals surface area (Å²) in [5.74, 6) is 1.60. The summed E-state index contributed by atoms with van der Waals surface area (Å²) in [7, 11) is 0. The molecular formula is C14H16N2O. The quantitative estimate of drug-likeness (QED) is 0.794. The fraction of sp³-hybridized carbons (Fsp3) is 0.143. The molecule has 2 aromatic carbocycles. The van der Waals surface area contributed by atoms with Crippen LogP contribution in [-0.4, -0.2) is 0 Å². The lowest BCUT2D eigenvalue weighted by Crippen LogP contribution is -2.01. The number of hydrogen-bond donors (Lipinski definition) is 2. The Morgan fingerprint density at radius 2 is 1.82 bits per heavy atom. The van der Waals surface area contributed by atoms with Gasteiger partial charge in [-0.05, 0) is 36.8 Å². The zero-order valence-corrected chi connectivity index (χ0v) is 9.81. The van der Waals surface area contributed by atoms with Crippen molar-refractivity contribution in [3.05, 3.63) is 53.6 Å². The molecule has 3 heteroatoms. The van der Waals surface area contributed by atoms with Crippen LogP contribution in [0.3, 0.4) is 0 Å². The van der Waals surface area contributed by atoms with E-state index in [0.29, 0.717) is 12.2 Å². The number of nitrogen functional groups attached to an aromatic ring is 1. The Morgan fingerprint density at radius 1 is 1.06 bits per heavy atom. The Kier molecular flexibility index (Phi) is 3.30. The molecule has 3 nitrogen and oxygen atoms in total. The van der Waals surface area contributed by atoms with Crippen molar-refractivity contribution in [2.24, 2.45) is 5.73 Å². The minimum atomic E-state index is 0.409. The standard InChI is InChI=1S/C14H16N2O/c1-10-4-2-3-5-13(10)17-14-7-6-12(16)8-11(14)9-15/h2-8H,9,15-16H2,1H3. The summed E-state index contributed by atoms with van der Waals surface area (Å²) in [5.41, 5.74) is 14.1. The minimum absolute atomic E-state index is 0.409. The van der Waals surface area contributed by atoms with Crippen molar-refractivity contribution in [1.82, 2.24) is 0 Å². The summed E-state index contributed by atoms with van der Waals surface area (Å²) in [6.45, 7) is 2.42. The van der Waals surface area contributed by atoms with Crippen LogP contribution in [0.5, 0.6) is 11.5 Å². The Hall–Kier alpha value is -2.00. The van der Waals surface area contributed by atoms with Crippen molar-refractivity contribution >= 4 is 5.69 Å². The molecule has 0 unspecified atom stereocenters. The molecule has 2 rings (SSSR count). The minimum Gasteiger partial charge on any atom is -0.457 e. The Labute approximate surface area is 101 Å². The number of hydrogen-bond acceptors (Lipinski definition) is 3. The van der Waals surface area contributed by atoms with E-state index in [9.17, 15) is 0 Å². The smallest absolute Gasteiger partial charge is 0.132 e. The van der Waals surface area contributed by atoms with E-state index < -0.39 is 0 Å². The third-order valence-corrected chi connectivity index (χ3v) is 2.62. The number of para-hydroxylation sites is 1. The van der Waals surface area contributed by atoms with Gasteiger partial charge in [0.25, 0.3) is 0 Å². The maximum Gasteiger partial charge on any atom is 0.132 e. The van der Waals surface area contributed by atoms with Crippen LogP contribution in [0.2, 0.25) is 0 Å². The second-order valence-corrected chi connectivity index (χ2v) is 3.94. The summed E-state index contributed by atoms with van der Waals surface area (Å²) >= 11 is 0. The second-order valence-electron chi connectivity index (χ2n) is 3.94. The van der Waals surface area contributed by atoms with Crippen molar-refractivity contribution < 1.29 is 4.74 Å². The van der Waals surface area contributed by atoms with Crippen molar-refractivity contribution in [2.45, 2.75) is 13.5 Å². The molecule has 0 bridgehead atoms. The van der Waals surface area contributed by atoms with E-state index in [4.69, 9.17) is 16.2 Å². The van der Waals surface area contributed by atoms with Gasteiger partial charge >= 0.3 is 0 Å². The van der Waals surface area contributed by atoms with Crippen LogP contribution < -0.4 is 16.2 Å². The summed E-state index contributed by atoms with van der Waals surface area (Å²) < 4.78 is 5.85. The van der Waals surface area contributed by atoms with E-state index in [1.54, 1.807) is 0 Å². The first kappa shape index (κ1) is 11.5. The van der Waals surface area contributed by atoms with Gasteiger partial charge in [0.15, 0.2) is 0 Å². The maximum atomic E-state index is 5.85. The number of aryl methyl sites for hydroxylation is 1. The average Bonchev–Trinajstić information content (AvgIpc) is 2.34. The molecule has 0 saturated carbocycles. The van der Waals surface area contributed by atoms with E-state index in [-0.39, 0.29) is 0 Å². The molecule has 0 aliphatic rings. The van der Waals surface area contributed by atoms with Crippen LogP contribution in [-0.2, 0) is 6.54 Å². The molecule has 0 spiro atoms. The zero-order valence-electron chi connectivity index (χ0n) is 9.81. The molecule has 0 atom stereocenters. The number of anilines is 1. The number of ether oxygens (including phenoxy) is 1. The van der Waals surface area contributed by atoms with Crippen LogP contribution in [0.1, 0.15) is 11.1 Å². The Balaban J connectivity index is 2.33. The van der Waals surface area contributed by atoms with Crippen LogP contribution in [0.25, 0.3) is 0 Å². The number of benzene rings is 2. The van der Waals surface area contributed by atoms with Gasteiger partial charge in [0, 0.05) is 17.8 Å². The maximum absolute atomic E-state index is 5.85. The van der Waals surface area contributed by atoms with Gasteiger partial charge in [-0.2, -0.15) is 0 Å². The van der Waals surface area contributed by atoms with Crippen molar-refractivity contribution in [3.63, 3.8) is 0 Å². The van der Waals surface area contributed by atoms with E-state index in [2.05, 4.69) is 0 Å². The third-order valence-electron chi connectivity index (χ3n) is 2.62. The predicted molar refractivity (Wildman–Crippen MR) is 70.0 cm³/mol. The first-order chi connectivity index (χ1) is 8.20. The normalized spacial score (nSPS) is 10.2. The highest BCUT2D eigenvalue weighted by molar-refractivity contribution is 5.49. The Bertz CT molecular complexity index is 523. The predicted octanol–water partition coefficient (Wildman–Crippen LogP) is 2.83. The number of nitrogens with two attached hydrogens (primary N) is 2. The fourth-order valence-corrected chi connectivity index (χ4v) is 1.65. The molecular weight excluding hydrogens is 212 g/mol. The van der Waals surface area contributed by atoms with E-state index in [1.807, 2.05) is 49.4 Å². The topological polar surface area (TPSA) is 61.3 Å². The molecule has 2 aromatic rings. The summed E-state index contributed by atoms with van der Waals surface area (Å²) in [4.78, 5) is 0. The van der Waals surface area contributed by atoms with E-state index in [0.717, 1.165) is 22.6 Å². The highest BCUT2D eigenvalue weighted by Gasteiger charge is 2.05. The first-order valence-electron chi connectivity index (χ1n) is 5.52. The molecule has 0 amide bonds. The van der Waals surface area contributed by atoms with Crippen LogP contribution in [0.15, 0.2) is 42.5 Å². The van der Waals surface area contributed by atoms with Crippen LogP contribution in [0.4, 0.5) is 5.69 Å². The summed E-state index contributed by atoms with van der Waals surface area (Å²) in [6, 6.07) is 13.4. The highest BCUT2D eigenvalue weighted by atomic mass is 16.5. The van der Waals surface area contributed by atoms with Gasteiger partial charge in [0.2, 0.25) is 0 Å². The van der Waals surface area contributed by atoms with Gasteiger partial charge < -0.3 is 16.2 Å². The van der Waals surface area contributed by atoms with Gasteiger partial charge in [-0.25, -0.2) is 0 Å². The molecule has 0 aliphatic heterocycles. The van der Waals surface area contributed by atoms with Gasteiger partial charge in [-0.15, -0.1) is 0 Å². The van der Waals surface area contributed by atoms with Crippen molar-refractivity contribution in [2.75, 3.05) is 5.73 Å². The molecule has 0 aliphatic carbocycles. The largest absolute Gasteiger partial charge is 0.457 e. The third kappa shape index (κ3) is 2.57. The SMILES string of the molecule is Cc1ccccc1Oc1ccc(N)cc1CN. The second kappa shape index (κ2) is 4.89. The molecule has 0 heterocycles. The lowest BCUT2D eigenvalue weighted by atomic mass is 10.1. The monoisotopic (exact) mass is 228 g/mol. The summed E-state index contributed by atoms with van der Waals surface area (Å²) in [6.07, 6.45) is 0. The molecule has 0 aromatic heterocycles. The van der Waals surface area contributed by atoms with Crippen molar-refractivity contribution in [1.29, 1.82) is 0 Å². The van der Waals surface area contributed by atoms with Gasteiger partial charge in [0.05, 0.1) is 0 Å². The highest BCUT2D eigenvalue weighted by Crippen LogP contribution is 2.28. The molecule has 88 valence electrons. The van der Waals surface area contributed by atoms with Gasteiger partial charge in [-0.3, -0.25) is 0 Å². The van der Waals surface area contributed by atoms with Crippen molar-refractivity contribution in [3.8, 4) is 11.5 Å². The van der Waals surface area contributed by atoms with Crippen LogP contribution >= 0.6 is 0 Å². The first-order valence-corrected chi connectivity index (χ1v) is 5.52. The molecule has 0 fully saturated rings. The fourth-order valence-electron chi connectivity index (χ4n) is 1.65. The average molecular weight is 228 g/mol.